The molecule has 0 aliphatic heterocycles. The van der Waals surface area contributed by atoms with Crippen molar-refractivity contribution in [1.29, 1.82) is 0 Å². The van der Waals surface area contributed by atoms with Gasteiger partial charge in [-0.25, -0.2) is 4.98 Å². The Hall–Kier alpha value is -3.90. The number of esters is 1. The molecule has 2 atom stereocenters. The van der Waals surface area contributed by atoms with E-state index in [1.165, 1.54) is 0 Å². The number of hydrogen-bond donors (Lipinski definition) is 2. The maximum atomic E-state index is 13.2. The molecule has 0 spiro atoms. The van der Waals surface area contributed by atoms with Gasteiger partial charge in [0.15, 0.2) is 0 Å². The number of nitrogens with two attached hydrogens (primary N) is 1. The number of aromatic amines is 1. The zero-order valence-electron chi connectivity index (χ0n) is 17.8. The summed E-state index contributed by atoms with van der Waals surface area (Å²) < 4.78 is 10.9. The van der Waals surface area contributed by atoms with Gasteiger partial charge in [-0.1, -0.05) is 60.7 Å². The van der Waals surface area contributed by atoms with Crippen LogP contribution in [0.25, 0.3) is 11.3 Å². The van der Waals surface area contributed by atoms with Crippen LogP contribution in [0.2, 0.25) is 0 Å². The van der Waals surface area contributed by atoms with E-state index < -0.39 is 17.9 Å². The van der Waals surface area contributed by atoms with Crippen molar-refractivity contribution in [3.8, 4) is 17.0 Å². The summed E-state index contributed by atoms with van der Waals surface area (Å²) in [6.07, 6.45) is 1.70. The van der Waals surface area contributed by atoms with E-state index >= 15 is 0 Å². The van der Waals surface area contributed by atoms with E-state index in [1.807, 2.05) is 84.9 Å². The van der Waals surface area contributed by atoms with Crippen LogP contribution in [0, 0.1) is 0 Å². The first-order valence-corrected chi connectivity index (χ1v) is 10.4. The van der Waals surface area contributed by atoms with Gasteiger partial charge in [0.05, 0.1) is 25.0 Å². The number of benzene rings is 3. The van der Waals surface area contributed by atoms with Crippen LogP contribution in [0.15, 0.2) is 91.1 Å². The van der Waals surface area contributed by atoms with Gasteiger partial charge in [-0.15, -0.1) is 0 Å². The first kappa shape index (κ1) is 21.3. The molecule has 0 amide bonds. The Kier molecular flexibility index (Phi) is 6.63. The number of methoxy groups -OCH3 is 1. The normalized spacial score (nSPS) is 12.7. The van der Waals surface area contributed by atoms with E-state index in [0.29, 0.717) is 5.82 Å². The van der Waals surface area contributed by atoms with Gasteiger partial charge in [-0.2, -0.15) is 0 Å². The van der Waals surface area contributed by atoms with Crippen molar-refractivity contribution in [3.63, 3.8) is 0 Å². The minimum atomic E-state index is -0.784. The number of rotatable bonds is 8. The number of nitrogens with zero attached hydrogens (tertiary/aromatic N) is 1. The predicted octanol–water partition coefficient (Wildman–Crippen LogP) is 4.61. The predicted molar refractivity (Wildman–Crippen MR) is 123 cm³/mol. The van der Waals surface area contributed by atoms with E-state index in [0.717, 1.165) is 28.1 Å². The first-order valence-electron chi connectivity index (χ1n) is 10.4. The van der Waals surface area contributed by atoms with Gasteiger partial charge in [0.1, 0.15) is 24.1 Å². The van der Waals surface area contributed by atoms with Crippen LogP contribution >= 0.6 is 0 Å². The van der Waals surface area contributed by atoms with Crippen LogP contribution in [0.3, 0.4) is 0 Å². The second-order valence-electron chi connectivity index (χ2n) is 7.42. The average molecular weight is 428 g/mol. The molecule has 3 N–H and O–H groups in total. The molecule has 6 nitrogen and oxygen atoms in total. The molecule has 0 aliphatic rings. The standard InChI is InChI=1S/C26H25N3O3/c1-31-21-14-12-19(13-15-21)22-16-28-25(29-22)23(24(27)20-10-6-3-7-11-20)26(30)32-17-18-8-4-2-5-9-18/h2-16,23-24H,17,27H2,1H3,(H,28,29)/t23?,24-/m1/s1. The SMILES string of the molecule is COc1ccc(-c2cnc(C(C(=O)OCc3ccccc3)[C@H](N)c3ccccc3)[nH]2)cc1. The largest absolute Gasteiger partial charge is 0.497 e. The molecular formula is C26H25N3O3. The second kappa shape index (κ2) is 9.94. The van der Waals surface area contributed by atoms with Gasteiger partial charge in [0, 0.05) is 0 Å². The summed E-state index contributed by atoms with van der Waals surface area (Å²) in [5.74, 6) is 0.0149. The lowest BCUT2D eigenvalue weighted by Crippen LogP contribution is -2.29. The van der Waals surface area contributed by atoms with E-state index in [-0.39, 0.29) is 6.61 Å². The van der Waals surface area contributed by atoms with Gasteiger partial charge in [0.25, 0.3) is 0 Å². The smallest absolute Gasteiger partial charge is 0.318 e. The number of imidazole rings is 1. The average Bonchev–Trinajstić information content (AvgIpc) is 3.33. The Bertz CT molecular complexity index is 1140. The Labute approximate surface area is 187 Å². The van der Waals surface area contributed by atoms with Crippen LogP contribution in [0.5, 0.6) is 5.75 Å². The lowest BCUT2D eigenvalue weighted by molar-refractivity contribution is -0.147. The zero-order chi connectivity index (χ0) is 22.3. The number of H-pyrrole nitrogens is 1. The van der Waals surface area contributed by atoms with Gasteiger partial charge < -0.3 is 20.2 Å². The van der Waals surface area contributed by atoms with E-state index in [4.69, 9.17) is 15.2 Å². The summed E-state index contributed by atoms with van der Waals surface area (Å²) in [5.41, 5.74) is 9.99. The molecule has 0 aliphatic carbocycles. The lowest BCUT2D eigenvalue weighted by Gasteiger charge is -2.21. The van der Waals surface area contributed by atoms with Gasteiger partial charge >= 0.3 is 5.97 Å². The Balaban J connectivity index is 1.61. The number of carbonyl (C=O) groups excluding carboxylic acids is 1. The molecule has 0 bridgehead atoms. The highest BCUT2D eigenvalue weighted by Crippen LogP contribution is 2.31. The van der Waals surface area contributed by atoms with Gasteiger partial charge in [-0.3, -0.25) is 4.79 Å². The molecule has 1 heterocycles. The molecule has 1 aromatic heterocycles. The van der Waals surface area contributed by atoms with Crippen LogP contribution < -0.4 is 10.5 Å². The molecule has 0 fully saturated rings. The first-order chi connectivity index (χ1) is 15.7. The third-order valence-corrected chi connectivity index (χ3v) is 5.31. The molecule has 0 saturated carbocycles. The van der Waals surface area contributed by atoms with Gasteiger partial charge in [-0.05, 0) is 41.0 Å². The maximum Gasteiger partial charge on any atom is 0.318 e. The summed E-state index contributed by atoms with van der Waals surface area (Å²) >= 11 is 0. The molecule has 0 saturated heterocycles. The molecule has 1 unspecified atom stereocenters. The van der Waals surface area contributed by atoms with E-state index in [1.54, 1.807) is 13.3 Å². The minimum absolute atomic E-state index is 0.170. The van der Waals surface area contributed by atoms with Crippen molar-refractivity contribution < 1.29 is 14.3 Å². The van der Waals surface area contributed by atoms with Crippen LogP contribution in [-0.2, 0) is 16.1 Å². The summed E-state index contributed by atoms with van der Waals surface area (Å²) in [6.45, 7) is 0.170. The molecule has 6 heteroatoms. The van der Waals surface area contributed by atoms with Gasteiger partial charge in [0.2, 0.25) is 0 Å². The third-order valence-electron chi connectivity index (χ3n) is 5.31. The number of aromatic nitrogens is 2. The van der Waals surface area contributed by atoms with Crippen LogP contribution in [0.4, 0.5) is 0 Å². The highest BCUT2D eigenvalue weighted by Gasteiger charge is 2.33. The van der Waals surface area contributed by atoms with E-state index in [2.05, 4.69) is 9.97 Å². The second-order valence-corrected chi connectivity index (χ2v) is 7.42. The minimum Gasteiger partial charge on any atom is -0.497 e. The Morgan fingerprint density at radius 3 is 2.28 bits per heavy atom. The fourth-order valence-corrected chi connectivity index (χ4v) is 3.53. The molecule has 4 aromatic rings. The highest BCUT2D eigenvalue weighted by molar-refractivity contribution is 5.79. The lowest BCUT2D eigenvalue weighted by atomic mass is 9.93. The topological polar surface area (TPSA) is 90.2 Å². The quantitative estimate of drug-likeness (QED) is 0.401. The van der Waals surface area contributed by atoms with Crippen molar-refractivity contribution in [2.45, 2.75) is 18.6 Å². The molecule has 32 heavy (non-hydrogen) atoms. The van der Waals surface area contributed by atoms with Crippen molar-refractivity contribution in [1.82, 2.24) is 9.97 Å². The van der Waals surface area contributed by atoms with Crippen LogP contribution in [0.1, 0.15) is 28.9 Å². The zero-order valence-corrected chi connectivity index (χ0v) is 17.8. The highest BCUT2D eigenvalue weighted by atomic mass is 16.5. The Morgan fingerprint density at radius 2 is 1.62 bits per heavy atom. The fraction of sp³-hybridized carbons (Fsp3) is 0.154. The summed E-state index contributed by atoms with van der Waals surface area (Å²) in [4.78, 5) is 20.9. The monoisotopic (exact) mass is 427 g/mol. The van der Waals surface area contributed by atoms with Crippen molar-refractivity contribution in [3.05, 3.63) is 108 Å². The van der Waals surface area contributed by atoms with E-state index in [9.17, 15) is 4.79 Å². The maximum absolute atomic E-state index is 13.2. The Morgan fingerprint density at radius 1 is 0.969 bits per heavy atom. The summed E-state index contributed by atoms with van der Waals surface area (Å²) in [5, 5.41) is 0. The number of nitrogens with one attached hydrogen (secondary N) is 1. The van der Waals surface area contributed by atoms with Crippen molar-refractivity contribution in [2.24, 2.45) is 5.73 Å². The van der Waals surface area contributed by atoms with Crippen molar-refractivity contribution in [2.75, 3.05) is 7.11 Å². The van der Waals surface area contributed by atoms with Crippen molar-refractivity contribution >= 4 is 5.97 Å². The molecule has 0 radical (unpaired) electrons. The summed E-state index contributed by atoms with van der Waals surface area (Å²) in [6, 6.07) is 26.0. The fourth-order valence-electron chi connectivity index (χ4n) is 3.53. The molecule has 4 rings (SSSR count). The third kappa shape index (κ3) is 4.87. The molecule has 162 valence electrons. The van der Waals surface area contributed by atoms with Crippen LogP contribution in [-0.4, -0.2) is 23.0 Å². The number of ether oxygens (including phenoxy) is 2. The number of hydrogen-bond acceptors (Lipinski definition) is 5. The molecular weight excluding hydrogens is 402 g/mol. The number of carbonyl (C=O) groups is 1. The summed E-state index contributed by atoms with van der Waals surface area (Å²) in [7, 11) is 1.62. The molecule has 3 aromatic carbocycles.